The Morgan fingerprint density at radius 2 is 1.81 bits per heavy atom. The first-order valence-electron chi connectivity index (χ1n) is 9.54. The van der Waals surface area contributed by atoms with Crippen molar-refractivity contribution in [1.82, 2.24) is 9.80 Å². The molecule has 1 aromatic rings. The van der Waals surface area contributed by atoms with Crippen LogP contribution in [0.4, 0.5) is 5.69 Å². The molecule has 142 valence electrons. The van der Waals surface area contributed by atoms with Crippen molar-refractivity contribution in [2.24, 2.45) is 0 Å². The molecule has 1 atom stereocenters. The molecular weight excluding hydrogens is 330 g/mol. The molecule has 1 aromatic carbocycles. The van der Waals surface area contributed by atoms with Crippen LogP contribution in [0.15, 0.2) is 24.3 Å². The topological polar surface area (TPSA) is 53.1 Å². The summed E-state index contributed by atoms with van der Waals surface area (Å²) < 4.78 is 5.28. The molecule has 0 saturated carbocycles. The van der Waals surface area contributed by atoms with Crippen LogP contribution in [-0.2, 0) is 20.9 Å². The fourth-order valence-corrected chi connectivity index (χ4v) is 3.81. The number of carbonyl (C=O) groups is 2. The molecular formula is C20H29N3O3. The lowest BCUT2D eigenvalue weighted by molar-refractivity contribution is -0.140. The second-order valence-electron chi connectivity index (χ2n) is 7.09. The van der Waals surface area contributed by atoms with Crippen LogP contribution < -0.4 is 4.90 Å². The van der Waals surface area contributed by atoms with Crippen LogP contribution in [0.25, 0.3) is 0 Å². The number of amides is 2. The Morgan fingerprint density at radius 3 is 2.54 bits per heavy atom. The van der Waals surface area contributed by atoms with Crippen LogP contribution in [0.3, 0.4) is 0 Å². The lowest BCUT2D eigenvalue weighted by atomic mass is 10.1. The largest absolute Gasteiger partial charge is 0.378 e. The van der Waals surface area contributed by atoms with Gasteiger partial charge in [-0.3, -0.25) is 9.59 Å². The van der Waals surface area contributed by atoms with Gasteiger partial charge in [0.05, 0.1) is 13.2 Å². The molecule has 2 aliphatic heterocycles. The highest BCUT2D eigenvalue weighted by Gasteiger charge is 2.29. The van der Waals surface area contributed by atoms with Crippen molar-refractivity contribution in [2.45, 2.75) is 38.8 Å². The van der Waals surface area contributed by atoms with Gasteiger partial charge < -0.3 is 19.4 Å². The Labute approximate surface area is 155 Å². The molecule has 1 saturated heterocycles. The van der Waals surface area contributed by atoms with Gasteiger partial charge in [-0.15, -0.1) is 0 Å². The molecule has 0 aromatic heterocycles. The molecule has 0 spiro atoms. The summed E-state index contributed by atoms with van der Waals surface area (Å²) in [5.74, 6) is 0.130. The number of carbonyl (C=O) groups excluding carboxylic acids is 2. The molecule has 0 bridgehead atoms. The van der Waals surface area contributed by atoms with E-state index in [0.717, 1.165) is 13.0 Å². The third-order valence-electron chi connectivity index (χ3n) is 5.38. The summed E-state index contributed by atoms with van der Waals surface area (Å²) in [7, 11) is 2.08. The minimum Gasteiger partial charge on any atom is -0.378 e. The molecule has 6 heteroatoms. The molecule has 0 radical (unpaired) electrons. The van der Waals surface area contributed by atoms with E-state index in [0.29, 0.717) is 32.8 Å². The Balaban J connectivity index is 1.65. The quantitative estimate of drug-likeness (QED) is 0.824. The number of ether oxygens (including phenoxy) is 1. The van der Waals surface area contributed by atoms with Gasteiger partial charge in [0.2, 0.25) is 11.8 Å². The Morgan fingerprint density at radius 1 is 1.12 bits per heavy atom. The van der Waals surface area contributed by atoms with E-state index < -0.39 is 0 Å². The zero-order valence-electron chi connectivity index (χ0n) is 15.8. The Bertz CT molecular complexity index is 643. The summed E-state index contributed by atoms with van der Waals surface area (Å²) in [6.07, 6.45) is 1.46. The standard InChI is InChI=1S/C20H29N3O3/c1-3-17-15-21(2)18-7-5-4-6-16(18)14-23(17)20(25)9-8-19(24)22-10-12-26-13-11-22/h4-7,17H,3,8-15H2,1-2H3. The maximum absolute atomic E-state index is 12.9. The lowest BCUT2D eigenvalue weighted by Gasteiger charge is -2.31. The zero-order valence-corrected chi connectivity index (χ0v) is 15.8. The van der Waals surface area contributed by atoms with Crippen molar-refractivity contribution in [1.29, 1.82) is 0 Å². The predicted molar refractivity (Wildman–Crippen MR) is 101 cm³/mol. The number of hydrogen-bond acceptors (Lipinski definition) is 4. The highest BCUT2D eigenvalue weighted by molar-refractivity contribution is 5.84. The first-order chi connectivity index (χ1) is 12.6. The van der Waals surface area contributed by atoms with Crippen molar-refractivity contribution >= 4 is 17.5 Å². The van der Waals surface area contributed by atoms with Gasteiger partial charge >= 0.3 is 0 Å². The molecule has 3 rings (SSSR count). The van der Waals surface area contributed by atoms with Crippen LogP contribution in [0.1, 0.15) is 31.7 Å². The lowest BCUT2D eigenvalue weighted by Crippen LogP contribution is -2.44. The maximum Gasteiger partial charge on any atom is 0.223 e. The summed E-state index contributed by atoms with van der Waals surface area (Å²) in [5.41, 5.74) is 2.35. The summed E-state index contributed by atoms with van der Waals surface area (Å²) in [5, 5.41) is 0. The number of rotatable bonds is 4. The van der Waals surface area contributed by atoms with Crippen molar-refractivity contribution in [3.8, 4) is 0 Å². The molecule has 6 nitrogen and oxygen atoms in total. The Hall–Kier alpha value is -2.08. The van der Waals surface area contributed by atoms with Gasteiger partial charge in [-0.2, -0.15) is 0 Å². The molecule has 2 heterocycles. The van der Waals surface area contributed by atoms with Crippen molar-refractivity contribution < 1.29 is 14.3 Å². The average molecular weight is 359 g/mol. The van der Waals surface area contributed by atoms with Gasteiger partial charge in [-0.1, -0.05) is 25.1 Å². The maximum atomic E-state index is 12.9. The van der Waals surface area contributed by atoms with Crippen LogP contribution in [-0.4, -0.2) is 67.6 Å². The van der Waals surface area contributed by atoms with E-state index in [9.17, 15) is 9.59 Å². The second kappa shape index (κ2) is 8.54. The number of likely N-dealkylation sites (N-methyl/N-ethyl adjacent to an activating group) is 1. The summed E-state index contributed by atoms with van der Waals surface area (Å²) in [6.45, 7) is 5.99. The molecule has 0 aliphatic carbocycles. The zero-order chi connectivity index (χ0) is 18.5. The average Bonchev–Trinajstić information content (AvgIpc) is 2.83. The summed E-state index contributed by atoms with van der Waals surface area (Å²) in [6, 6.07) is 8.41. The summed E-state index contributed by atoms with van der Waals surface area (Å²) in [4.78, 5) is 31.3. The number of fused-ring (bicyclic) bond motifs is 1. The molecule has 26 heavy (non-hydrogen) atoms. The number of para-hydroxylation sites is 1. The first kappa shape index (κ1) is 18.7. The second-order valence-corrected chi connectivity index (χ2v) is 7.09. The minimum absolute atomic E-state index is 0.0574. The van der Waals surface area contributed by atoms with Gasteiger partial charge in [0.1, 0.15) is 0 Å². The summed E-state index contributed by atoms with van der Waals surface area (Å²) >= 11 is 0. The highest BCUT2D eigenvalue weighted by Crippen LogP contribution is 2.27. The number of hydrogen-bond donors (Lipinski definition) is 0. The van der Waals surface area contributed by atoms with E-state index in [1.165, 1.54) is 11.3 Å². The van der Waals surface area contributed by atoms with E-state index in [1.807, 2.05) is 17.0 Å². The van der Waals surface area contributed by atoms with Crippen LogP contribution in [0.5, 0.6) is 0 Å². The van der Waals surface area contributed by atoms with Crippen molar-refractivity contribution in [2.75, 3.05) is 44.8 Å². The van der Waals surface area contributed by atoms with Crippen LogP contribution in [0, 0.1) is 0 Å². The van der Waals surface area contributed by atoms with E-state index in [4.69, 9.17) is 4.74 Å². The smallest absolute Gasteiger partial charge is 0.223 e. The molecule has 1 fully saturated rings. The number of morpholine rings is 1. The molecule has 1 unspecified atom stereocenters. The number of anilines is 1. The van der Waals surface area contributed by atoms with Gasteiger partial charge in [0.15, 0.2) is 0 Å². The van der Waals surface area contributed by atoms with Crippen molar-refractivity contribution in [3.05, 3.63) is 29.8 Å². The molecule has 2 aliphatic rings. The Kier molecular flexibility index (Phi) is 6.14. The normalized spacial score (nSPS) is 20.5. The minimum atomic E-state index is 0.0574. The SMILES string of the molecule is CCC1CN(C)c2ccccc2CN1C(=O)CCC(=O)N1CCOCC1. The third-order valence-corrected chi connectivity index (χ3v) is 5.38. The fraction of sp³-hybridized carbons (Fsp3) is 0.600. The van der Waals surface area contributed by atoms with Gasteiger partial charge in [0, 0.05) is 57.8 Å². The van der Waals surface area contributed by atoms with E-state index >= 15 is 0 Å². The van der Waals surface area contributed by atoms with Crippen LogP contribution >= 0.6 is 0 Å². The van der Waals surface area contributed by atoms with Gasteiger partial charge in [-0.25, -0.2) is 0 Å². The van der Waals surface area contributed by atoms with Crippen molar-refractivity contribution in [3.63, 3.8) is 0 Å². The predicted octanol–water partition coefficient (Wildman–Crippen LogP) is 1.88. The third kappa shape index (κ3) is 4.18. The van der Waals surface area contributed by atoms with Gasteiger partial charge in [-0.05, 0) is 18.1 Å². The van der Waals surface area contributed by atoms with Gasteiger partial charge in [0.25, 0.3) is 0 Å². The van der Waals surface area contributed by atoms with E-state index in [1.54, 1.807) is 4.90 Å². The monoisotopic (exact) mass is 359 g/mol. The number of benzene rings is 1. The molecule has 0 N–H and O–H groups in total. The first-order valence-corrected chi connectivity index (χ1v) is 9.54. The van der Waals surface area contributed by atoms with E-state index in [-0.39, 0.29) is 30.7 Å². The van der Waals surface area contributed by atoms with E-state index in [2.05, 4.69) is 31.0 Å². The fourth-order valence-electron chi connectivity index (χ4n) is 3.81. The highest BCUT2D eigenvalue weighted by atomic mass is 16.5. The van der Waals surface area contributed by atoms with Crippen LogP contribution in [0.2, 0.25) is 0 Å². The molecule has 2 amide bonds. The number of nitrogens with zero attached hydrogens (tertiary/aromatic N) is 3.